The van der Waals surface area contributed by atoms with Crippen molar-refractivity contribution in [1.29, 1.82) is 0 Å². The molecule has 1 aromatic carbocycles. The fraction of sp³-hybridized carbons (Fsp3) is 0.500. The Morgan fingerprint density at radius 1 is 1.33 bits per heavy atom. The van der Waals surface area contributed by atoms with Gasteiger partial charge in [-0.15, -0.1) is 0 Å². The van der Waals surface area contributed by atoms with Gasteiger partial charge in [0.25, 0.3) is 0 Å². The Hall–Kier alpha value is -2.04. The van der Waals surface area contributed by atoms with E-state index in [4.69, 9.17) is 4.74 Å². The summed E-state index contributed by atoms with van der Waals surface area (Å²) in [5, 5.41) is 5.69. The molecule has 0 aromatic heterocycles. The van der Waals surface area contributed by atoms with Crippen molar-refractivity contribution in [3.63, 3.8) is 0 Å². The number of ether oxygens (including phenoxy) is 1. The van der Waals surface area contributed by atoms with Crippen LogP contribution in [-0.2, 0) is 9.59 Å². The minimum Gasteiger partial charge on any atom is -0.490 e. The number of amides is 2. The van der Waals surface area contributed by atoms with E-state index < -0.39 is 10.8 Å². The highest BCUT2D eigenvalue weighted by Gasteiger charge is 2.32. The van der Waals surface area contributed by atoms with Crippen molar-refractivity contribution in [1.82, 2.24) is 0 Å². The Morgan fingerprint density at radius 2 is 2.00 bits per heavy atom. The minimum atomic E-state index is -0.589. The molecule has 0 radical (unpaired) electrons. The summed E-state index contributed by atoms with van der Waals surface area (Å²) in [6, 6.07) is 5.25. The Labute approximate surface area is 125 Å². The maximum absolute atomic E-state index is 12.1. The summed E-state index contributed by atoms with van der Waals surface area (Å²) in [5.74, 6) is 0.437. The van der Waals surface area contributed by atoms with Crippen LogP contribution in [0, 0.1) is 10.8 Å². The van der Waals surface area contributed by atoms with Crippen molar-refractivity contribution in [3.8, 4) is 5.75 Å². The van der Waals surface area contributed by atoms with Crippen molar-refractivity contribution in [2.24, 2.45) is 10.8 Å². The molecule has 2 amide bonds. The van der Waals surface area contributed by atoms with Gasteiger partial charge in [-0.2, -0.15) is 0 Å². The van der Waals surface area contributed by atoms with Gasteiger partial charge in [-0.25, -0.2) is 0 Å². The lowest BCUT2D eigenvalue weighted by Crippen LogP contribution is -2.33. The second-order valence-corrected chi connectivity index (χ2v) is 7.04. The maximum Gasteiger partial charge on any atom is 0.233 e. The van der Waals surface area contributed by atoms with Gasteiger partial charge in [-0.1, -0.05) is 20.8 Å². The zero-order valence-corrected chi connectivity index (χ0v) is 13.2. The molecule has 0 fully saturated rings. The average molecular weight is 290 g/mol. The molecule has 2 rings (SSSR count). The zero-order chi connectivity index (χ0) is 15.8. The minimum absolute atomic E-state index is 0.0800. The molecule has 5 nitrogen and oxygen atoms in total. The molecule has 0 saturated carbocycles. The lowest BCUT2D eigenvalue weighted by molar-refractivity contribution is -0.125. The molecule has 5 heteroatoms. The third kappa shape index (κ3) is 3.35. The SMILES string of the molecule is CC(C)(C)C(=O)Nc1ccc2c(c1)NC(=O)C(C)(C)CO2. The zero-order valence-electron chi connectivity index (χ0n) is 13.2. The van der Waals surface area contributed by atoms with Gasteiger partial charge in [0.05, 0.1) is 11.1 Å². The van der Waals surface area contributed by atoms with Gasteiger partial charge in [0.15, 0.2) is 0 Å². The largest absolute Gasteiger partial charge is 0.490 e. The molecule has 114 valence electrons. The normalized spacial score (nSPS) is 17.1. The highest BCUT2D eigenvalue weighted by molar-refractivity contribution is 5.99. The standard InChI is InChI=1S/C16H22N2O3/c1-15(2,3)13(19)17-10-6-7-12-11(8-10)18-14(20)16(4,5)9-21-12/h6-8H,9H2,1-5H3,(H,17,19)(H,18,20). The van der Waals surface area contributed by atoms with Gasteiger partial charge in [0.1, 0.15) is 12.4 Å². The molecule has 0 atom stereocenters. The Morgan fingerprint density at radius 3 is 2.62 bits per heavy atom. The quantitative estimate of drug-likeness (QED) is 0.835. The highest BCUT2D eigenvalue weighted by atomic mass is 16.5. The lowest BCUT2D eigenvalue weighted by Gasteiger charge is -2.18. The topological polar surface area (TPSA) is 67.4 Å². The first-order chi connectivity index (χ1) is 9.59. The van der Waals surface area contributed by atoms with Crippen LogP contribution in [0.15, 0.2) is 18.2 Å². The number of nitrogens with one attached hydrogen (secondary N) is 2. The van der Waals surface area contributed by atoms with Crippen LogP contribution in [0.25, 0.3) is 0 Å². The van der Waals surface area contributed by atoms with Crippen LogP contribution in [0.1, 0.15) is 34.6 Å². The first-order valence-electron chi connectivity index (χ1n) is 6.99. The van der Waals surface area contributed by atoms with Gasteiger partial charge in [-0.3, -0.25) is 9.59 Å². The van der Waals surface area contributed by atoms with Crippen LogP contribution in [-0.4, -0.2) is 18.4 Å². The summed E-state index contributed by atoms with van der Waals surface area (Å²) >= 11 is 0. The molecular formula is C16H22N2O3. The Balaban J connectivity index is 2.25. The van der Waals surface area contributed by atoms with E-state index in [0.717, 1.165) is 0 Å². The van der Waals surface area contributed by atoms with Crippen molar-refractivity contribution in [2.45, 2.75) is 34.6 Å². The summed E-state index contributed by atoms with van der Waals surface area (Å²) in [5.41, 5.74) is 0.150. The third-order valence-electron chi connectivity index (χ3n) is 3.37. The van der Waals surface area contributed by atoms with Crippen molar-refractivity contribution in [3.05, 3.63) is 18.2 Å². The summed E-state index contributed by atoms with van der Waals surface area (Å²) in [4.78, 5) is 24.1. The van der Waals surface area contributed by atoms with Gasteiger partial charge < -0.3 is 15.4 Å². The Kier molecular flexibility index (Phi) is 3.70. The van der Waals surface area contributed by atoms with Gasteiger partial charge in [0, 0.05) is 11.1 Å². The second-order valence-electron chi connectivity index (χ2n) is 7.04. The molecule has 1 aliphatic heterocycles. The first-order valence-corrected chi connectivity index (χ1v) is 6.99. The second kappa shape index (κ2) is 5.06. The molecule has 0 bridgehead atoms. The number of carbonyl (C=O) groups is 2. The van der Waals surface area contributed by atoms with E-state index in [-0.39, 0.29) is 11.8 Å². The first kappa shape index (κ1) is 15.4. The van der Waals surface area contributed by atoms with Crippen LogP contribution >= 0.6 is 0 Å². The summed E-state index contributed by atoms with van der Waals surface area (Å²) in [7, 11) is 0. The predicted molar refractivity (Wildman–Crippen MR) is 82.4 cm³/mol. The molecule has 2 N–H and O–H groups in total. The fourth-order valence-electron chi connectivity index (χ4n) is 1.77. The summed E-state index contributed by atoms with van der Waals surface area (Å²) < 4.78 is 5.67. The molecule has 0 spiro atoms. The monoisotopic (exact) mass is 290 g/mol. The molecule has 1 aromatic rings. The van der Waals surface area contributed by atoms with E-state index in [1.165, 1.54) is 0 Å². The van der Waals surface area contributed by atoms with Crippen molar-refractivity contribution in [2.75, 3.05) is 17.2 Å². The van der Waals surface area contributed by atoms with E-state index in [0.29, 0.717) is 23.7 Å². The smallest absolute Gasteiger partial charge is 0.233 e. The number of rotatable bonds is 1. The van der Waals surface area contributed by atoms with Crippen LogP contribution < -0.4 is 15.4 Å². The van der Waals surface area contributed by atoms with Crippen LogP contribution in [0.4, 0.5) is 11.4 Å². The fourth-order valence-corrected chi connectivity index (χ4v) is 1.77. The predicted octanol–water partition coefficient (Wildman–Crippen LogP) is 3.03. The Bertz CT molecular complexity index is 586. The van der Waals surface area contributed by atoms with Crippen LogP contribution in [0.2, 0.25) is 0 Å². The van der Waals surface area contributed by atoms with Gasteiger partial charge in [0.2, 0.25) is 11.8 Å². The molecule has 0 aliphatic carbocycles. The molecule has 21 heavy (non-hydrogen) atoms. The van der Waals surface area contributed by atoms with Gasteiger partial charge >= 0.3 is 0 Å². The summed E-state index contributed by atoms with van der Waals surface area (Å²) in [6.45, 7) is 9.52. The molecule has 0 saturated heterocycles. The number of hydrogen-bond acceptors (Lipinski definition) is 3. The molecule has 0 unspecified atom stereocenters. The molecule has 1 aliphatic rings. The maximum atomic E-state index is 12.1. The van der Waals surface area contributed by atoms with E-state index in [9.17, 15) is 9.59 Å². The molecule has 1 heterocycles. The highest BCUT2D eigenvalue weighted by Crippen LogP contribution is 2.34. The number of benzene rings is 1. The number of anilines is 2. The third-order valence-corrected chi connectivity index (χ3v) is 3.37. The average Bonchev–Trinajstić information content (AvgIpc) is 2.46. The molecular weight excluding hydrogens is 268 g/mol. The van der Waals surface area contributed by atoms with Crippen molar-refractivity contribution >= 4 is 23.2 Å². The number of fused-ring (bicyclic) bond motifs is 1. The van der Waals surface area contributed by atoms with E-state index >= 15 is 0 Å². The lowest BCUT2D eigenvalue weighted by atomic mass is 9.94. The van der Waals surface area contributed by atoms with E-state index in [2.05, 4.69) is 10.6 Å². The summed E-state index contributed by atoms with van der Waals surface area (Å²) in [6.07, 6.45) is 0. The number of hydrogen-bond donors (Lipinski definition) is 2. The van der Waals surface area contributed by atoms with E-state index in [1.807, 2.05) is 34.6 Å². The van der Waals surface area contributed by atoms with Crippen molar-refractivity contribution < 1.29 is 14.3 Å². The van der Waals surface area contributed by atoms with E-state index in [1.54, 1.807) is 18.2 Å². The van der Waals surface area contributed by atoms with Gasteiger partial charge in [-0.05, 0) is 32.0 Å². The number of carbonyl (C=O) groups excluding carboxylic acids is 2. The van der Waals surface area contributed by atoms with Crippen LogP contribution in [0.3, 0.4) is 0 Å². The van der Waals surface area contributed by atoms with Crippen LogP contribution in [0.5, 0.6) is 5.75 Å².